The Morgan fingerprint density at radius 2 is 1.78 bits per heavy atom. The molecular weight excluding hydrogens is 366 g/mol. The molecule has 3 rings (SSSR count). The Balaban J connectivity index is 2.27. The summed E-state index contributed by atoms with van der Waals surface area (Å²) in [6.07, 6.45) is 0. The van der Waals surface area contributed by atoms with Gasteiger partial charge in [-0.1, -0.05) is 30.3 Å². The van der Waals surface area contributed by atoms with Gasteiger partial charge in [-0.2, -0.15) is 5.26 Å². The molecule has 0 radical (unpaired) electrons. The minimum atomic E-state index is -4.03. The maximum atomic E-state index is 12.4. The fraction of sp³-hybridized carbons (Fsp3) is 0.0526. The molecule has 8 heteroatoms. The second-order valence-electron chi connectivity index (χ2n) is 5.69. The van der Waals surface area contributed by atoms with Crippen molar-refractivity contribution < 1.29 is 13.2 Å². The smallest absolute Gasteiger partial charge is 0.266 e. The zero-order chi connectivity index (χ0) is 19.6. The molecule has 0 unspecified atom stereocenters. The molecule has 0 saturated carbocycles. The first-order valence-electron chi connectivity index (χ1n) is 7.79. The summed E-state index contributed by atoms with van der Waals surface area (Å²) in [6, 6.07) is 16.9. The van der Waals surface area contributed by atoms with Gasteiger partial charge in [-0.25, -0.2) is 13.6 Å². The Bertz CT molecular complexity index is 1210. The van der Waals surface area contributed by atoms with Gasteiger partial charge < -0.3 is 9.72 Å². The number of methoxy groups -OCH3 is 1. The van der Waals surface area contributed by atoms with E-state index in [0.717, 1.165) is 0 Å². The van der Waals surface area contributed by atoms with E-state index in [1.165, 1.54) is 19.2 Å². The van der Waals surface area contributed by atoms with Gasteiger partial charge in [0.2, 0.25) is 10.0 Å². The quantitative estimate of drug-likeness (QED) is 0.717. The summed E-state index contributed by atoms with van der Waals surface area (Å²) in [7, 11) is -2.70. The molecule has 0 aliphatic heterocycles. The number of ether oxygens (including phenoxy) is 1. The van der Waals surface area contributed by atoms with Crippen molar-refractivity contribution in [1.82, 2.24) is 4.98 Å². The average molecular weight is 381 g/mol. The third-order valence-corrected chi connectivity index (χ3v) is 4.94. The number of nitrogens with two attached hydrogens (primary N) is 1. The predicted molar refractivity (Wildman–Crippen MR) is 101 cm³/mol. The highest BCUT2D eigenvalue weighted by Crippen LogP contribution is 2.30. The number of nitrogens with one attached hydrogen (secondary N) is 1. The van der Waals surface area contributed by atoms with Crippen LogP contribution in [0.15, 0.2) is 64.3 Å². The summed E-state index contributed by atoms with van der Waals surface area (Å²) in [4.78, 5) is 14.8. The molecule has 2 aromatic carbocycles. The largest absolute Gasteiger partial charge is 0.495 e. The maximum Gasteiger partial charge on any atom is 0.266 e. The predicted octanol–water partition coefficient (Wildman–Crippen LogP) is 2.24. The minimum Gasteiger partial charge on any atom is -0.495 e. The highest BCUT2D eigenvalue weighted by molar-refractivity contribution is 7.89. The lowest BCUT2D eigenvalue weighted by molar-refractivity contribution is 0.403. The van der Waals surface area contributed by atoms with E-state index in [0.29, 0.717) is 22.4 Å². The van der Waals surface area contributed by atoms with E-state index in [-0.39, 0.29) is 16.2 Å². The Kier molecular flexibility index (Phi) is 4.81. The number of pyridine rings is 1. The number of benzene rings is 2. The lowest BCUT2D eigenvalue weighted by atomic mass is 9.99. The number of aromatic amines is 1. The molecule has 0 saturated heterocycles. The van der Waals surface area contributed by atoms with Crippen molar-refractivity contribution in [3.8, 4) is 34.2 Å². The number of hydrogen-bond acceptors (Lipinski definition) is 5. The summed E-state index contributed by atoms with van der Waals surface area (Å²) in [6.45, 7) is 0. The topological polar surface area (TPSA) is 126 Å². The molecular formula is C19H15N3O4S. The van der Waals surface area contributed by atoms with E-state index in [9.17, 15) is 18.5 Å². The van der Waals surface area contributed by atoms with Crippen molar-refractivity contribution in [3.05, 3.63) is 70.5 Å². The van der Waals surface area contributed by atoms with E-state index in [2.05, 4.69) is 4.98 Å². The minimum absolute atomic E-state index is 0.0230. The first kappa shape index (κ1) is 18.4. The summed E-state index contributed by atoms with van der Waals surface area (Å²) in [5, 5.41) is 14.6. The molecule has 1 heterocycles. The lowest BCUT2D eigenvalue weighted by Gasteiger charge is -2.11. The number of H-pyrrole nitrogens is 1. The normalized spacial score (nSPS) is 11.0. The molecule has 0 spiro atoms. The van der Waals surface area contributed by atoms with Crippen LogP contribution in [0.25, 0.3) is 22.4 Å². The van der Waals surface area contributed by atoms with Crippen LogP contribution in [0.4, 0.5) is 0 Å². The Hall–Kier alpha value is -3.41. The third-order valence-electron chi connectivity index (χ3n) is 4.01. The van der Waals surface area contributed by atoms with Gasteiger partial charge in [-0.15, -0.1) is 0 Å². The lowest BCUT2D eigenvalue weighted by Crippen LogP contribution is -2.15. The molecule has 3 aromatic rings. The first-order chi connectivity index (χ1) is 12.8. The van der Waals surface area contributed by atoms with Crippen LogP contribution >= 0.6 is 0 Å². The van der Waals surface area contributed by atoms with Crippen LogP contribution in [0.1, 0.15) is 5.56 Å². The van der Waals surface area contributed by atoms with E-state index in [4.69, 9.17) is 9.88 Å². The summed E-state index contributed by atoms with van der Waals surface area (Å²) in [5.41, 5.74) is 1.32. The van der Waals surface area contributed by atoms with Gasteiger partial charge in [0.1, 0.15) is 22.3 Å². The second kappa shape index (κ2) is 7.07. The van der Waals surface area contributed by atoms with E-state index >= 15 is 0 Å². The number of nitriles is 1. The van der Waals surface area contributed by atoms with Crippen molar-refractivity contribution in [2.24, 2.45) is 5.14 Å². The summed E-state index contributed by atoms with van der Waals surface area (Å²) >= 11 is 0. The van der Waals surface area contributed by atoms with Crippen LogP contribution in [0.2, 0.25) is 0 Å². The van der Waals surface area contributed by atoms with Crippen LogP contribution in [0.5, 0.6) is 5.75 Å². The van der Waals surface area contributed by atoms with Crippen molar-refractivity contribution in [3.63, 3.8) is 0 Å². The second-order valence-corrected chi connectivity index (χ2v) is 7.22. The van der Waals surface area contributed by atoms with Crippen molar-refractivity contribution in [2.45, 2.75) is 4.90 Å². The van der Waals surface area contributed by atoms with Crippen LogP contribution < -0.4 is 15.4 Å². The van der Waals surface area contributed by atoms with Gasteiger partial charge in [0.25, 0.3) is 5.56 Å². The standard InChI is InChI=1S/C19H15N3O4S/c1-26-17-8-7-13(9-18(17)27(21,24)25)16-10-14(12-5-3-2-4-6-12)15(11-20)19(23)22-16/h2-10H,1H3,(H,22,23)(H2,21,24,25). The first-order valence-corrected chi connectivity index (χ1v) is 9.34. The van der Waals surface area contributed by atoms with Gasteiger partial charge in [-0.05, 0) is 35.4 Å². The molecule has 0 aliphatic rings. The number of aromatic nitrogens is 1. The van der Waals surface area contributed by atoms with Crippen LogP contribution in [0.3, 0.4) is 0 Å². The number of hydrogen-bond donors (Lipinski definition) is 2. The van der Waals surface area contributed by atoms with Gasteiger partial charge in [0, 0.05) is 11.3 Å². The molecule has 7 nitrogen and oxygen atoms in total. The van der Waals surface area contributed by atoms with Crippen molar-refractivity contribution in [1.29, 1.82) is 5.26 Å². The molecule has 0 bridgehead atoms. The third kappa shape index (κ3) is 3.60. The zero-order valence-corrected chi connectivity index (χ0v) is 15.1. The zero-order valence-electron chi connectivity index (χ0n) is 14.3. The van der Waals surface area contributed by atoms with E-state index in [1.54, 1.807) is 36.4 Å². The van der Waals surface area contributed by atoms with E-state index in [1.807, 2.05) is 12.1 Å². The number of nitrogens with zero attached hydrogens (tertiary/aromatic N) is 1. The van der Waals surface area contributed by atoms with Crippen LogP contribution in [0, 0.1) is 11.3 Å². The number of sulfonamides is 1. The molecule has 27 heavy (non-hydrogen) atoms. The molecule has 136 valence electrons. The average Bonchev–Trinajstić information content (AvgIpc) is 2.66. The molecule has 0 amide bonds. The highest BCUT2D eigenvalue weighted by atomic mass is 32.2. The van der Waals surface area contributed by atoms with Gasteiger partial charge in [-0.3, -0.25) is 4.79 Å². The number of rotatable bonds is 4. The molecule has 0 fully saturated rings. The van der Waals surface area contributed by atoms with Crippen molar-refractivity contribution >= 4 is 10.0 Å². The SMILES string of the molecule is COc1ccc(-c2cc(-c3ccccc3)c(C#N)c(=O)[nH]2)cc1S(N)(=O)=O. The molecule has 0 aliphatic carbocycles. The monoisotopic (exact) mass is 381 g/mol. The van der Waals surface area contributed by atoms with Gasteiger partial charge in [0.15, 0.2) is 0 Å². The summed E-state index contributed by atoms with van der Waals surface area (Å²) in [5.74, 6) is 0.0977. The summed E-state index contributed by atoms with van der Waals surface area (Å²) < 4.78 is 28.7. The molecule has 1 aromatic heterocycles. The Morgan fingerprint density at radius 1 is 1.07 bits per heavy atom. The van der Waals surface area contributed by atoms with E-state index < -0.39 is 15.6 Å². The number of primary sulfonamides is 1. The Morgan fingerprint density at radius 3 is 2.37 bits per heavy atom. The fourth-order valence-corrected chi connectivity index (χ4v) is 3.46. The fourth-order valence-electron chi connectivity index (χ4n) is 2.74. The van der Waals surface area contributed by atoms with Crippen LogP contribution in [-0.4, -0.2) is 20.5 Å². The maximum absolute atomic E-state index is 12.4. The van der Waals surface area contributed by atoms with Gasteiger partial charge >= 0.3 is 0 Å². The highest BCUT2D eigenvalue weighted by Gasteiger charge is 2.18. The Labute approximate surface area is 155 Å². The molecule has 3 N–H and O–H groups in total. The van der Waals surface area contributed by atoms with Crippen LogP contribution in [-0.2, 0) is 10.0 Å². The van der Waals surface area contributed by atoms with Crippen molar-refractivity contribution in [2.75, 3.05) is 7.11 Å². The molecule has 0 atom stereocenters. The van der Waals surface area contributed by atoms with Gasteiger partial charge in [0.05, 0.1) is 7.11 Å².